The Kier molecular flexibility index (Phi) is 4.64. The maximum atomic E-state index is 13.4. The van der Waals surface area contributed by atoms with Crippen LogP contribution in [0, 0.1) is 15.9 Å². The zero-order chi connectivity index (χ0) is 15.4. The fourth-order valence-electron chi connectivity index (χ4n) is 1.92. The van der Waals surface area contributed by atoms with E-state index in [9.17, 15) is 14.5 Å². The van der Waals surface area contributed by atoms with E-state index in [2.05, 4.69) is 24.3 Å². The first-order valence-corrected chi connectivity index (χ1v) is 6.62. The van der Waals surface area contributed by atoms with Gasteiger partial charge in [-0.05, 0) is 11.6 Å². The van der Waals surface area contributed by atoms with E-state index in [0.29, 0.717) is 24.7 Å². The van der Waals surface area contributed by atoms with E-state index in [-0.39, 0.29) is 5.69 Å². The Morgan fingerprint density at radius 3 is 2.81 bits per heavy atom. The lowest BCUT2D eigenvalue weighted by atomic mass is 10.2. The molecule has 1 heterocycles. The van der Waals surface area contributed by atoms with Gasteiger partial charge in [0.25, 0.3) is 5.69 Å². The second-order valence-corrected chi connectivity index (χ2v) is 5.16. The summed E-state index contributed by atoms with van der Waals surface area (Å²) in [5.74, 6) is -0.618. The number of nitrogens with zero attached hydrogens (tertiary/aromatic N) is 3. The van der Waals surface area contributed by atoms with Crippen LogP contribution < -0.4 is 5.32 Å². The summed E-state index contributed by atoms with van der Waals surface area (Å²) in [6, 6.07) is 3.92. The molecular formula is C14H17FN4O2. The predicted octanol–water partition coefficient (Wildman–Crippen LogP) is 2.48. The van der Waals surface area contributed by atoms with Crippen LogP contribution in [0.2, 0.25) is 0 Å². The maximum Gasteiger partial charge on any atom is 0.272 e. The molecule has 0 aliphatic carbocycles. The van der Waals surface area contributed by atoms with E-state index in [4.69, 9.17) is 0 Å². The number of benzene rings is 1. The van der Waals surface area contributed by atoms with Gasteiger partial charge in [-0.25, -0.2) is 4.39 Å². The number of nitro groups is 1. The van der Waals surface area contributed by atoms with Crippen molar-refractivity contribution in [2.45, 2.75) is 33.0 Å². The third-order valence-corrected chi connectivity index (χ3v) is 2.90. The van der Waals surface area contributed by atoms with Gasteiger partial charge in [-0.2, -0.15) is 5.10 Å². The van der Waals surface area contributed by atoms with Crippen LogP contribution in [0.4, 0.5) is 10.1 Å². The lowest BCUT2D eigenvalue weighted by molar-refractivity contribution is -0.385. The summed E-state index contributed by atoms with van der Waals surface area (Å²) in [6.07, 6.45) is 3.56. The molecule has 0 unspecified atom stereocenters. The molecule has 1 aromatic heterocycles. The van der Waals surface area contributed by atoms with Crippen LogP contribution in [0.15, 0.2) is 30.6 Å². The first kappa shape index (κ1) is 15.1. The van der Waals surface area contributed by atoms with E-state index in [1.54, 1.807) is 10.9 Å². The number of nitrogens with one attached hydrogen (secondary N) is 1. The molecule has 0 saturated carbocycles. The predicted molar refractivity (Wildman–Crippen MR) is 76.4 cm³/mol. The molecule has 1 N–H and O–H groups in total. The van der Waals surface area contributed by atoms with E-state index >= 15 is 0 Å². The largest absolute Gasteiger partial charge is 0.310 e. The summed E-state index contributed by atoms with van der Waals surface area (Å²) < 4.78 is 15.0. The van der Waals surface area contributed by atoms with Gasteiger partial charge in [-0.3, -0.25) is 14.8 Å². The summed E-state index contributed by atoms with van der Waals surface area (Å²) in [5, 5.41) is 18.2. The van der Waals surface area contributed by atoms with Crippen LogP contribution in [0.5, 0.6) is 0 Å². The van der Waals surface area contributed by atoms with Gasteiger partial charge in [0.1, 0.15) is 5.82 Å². The molecule has 0 amide bonds. The van der Waals surface area contributed by atoms with E-state index in [0.717, 1.165) is 11.6 Å². The SMILES string of the molecule is CC(C)NCc1cnn(Cc2cc(F)cc([N+](=O)[O-])c2)c1. The van der Waals surface area contributed by atoms with Crippen molar-refractivity contribution in [1.82, 2.24) is 15.1 Å². The third kappa shape index (κ3) is 4.35. The molecule has 0 radical (unpaired) electrons. The second kappa shape index (κ2) is 6.45. The average Bonchev–Trinajstić information content (AvgIpc) is 2.83. The Balaban J connectivity index is 2.09. The zero-order valence-electron chi connectivity index (χ0n) is 11.9. The van der Waals surface area contributed by atoms with Gasteiger partial charge < -0.3 is 5.32 Å². The quantitative estimate of drug-likeness (QED) is 0.655. The maximum absolute atomic E-state index is 13.4. The van der Waals surface area contributed by atoms with Crippen molar-refractivity contribution in [3.63, 3.8) is 0 Å². The molecule has 0 aliphatic heterocycles. The highest BCUT2D eigenvalue weighted by Crippen LogP contribution is 2.17. The number of hydrogen-bond donors (Lipinski definition) is 1. The monoisotopic (exact) mass is 292 g/mol. The highest BCUT2D eigenvalue weighted by molar-refractivity contribution is 5.35. The van der Waals surface area contributed by atoms with Crippen LogP contribution in [0.25, 0.3) is 0 Å². The number of aromatic nitrogens is 2. The molecular weight excluding hydrogens is 275 g/mol. The molecule has 0 bridgehead atoms. The third-order valence-electron chi connectivity index (χ3n) is 2.90. The summed E-state index contributed by atoms with van der Waals surface area (Å²) in [4.78, 5) is 10.1. The Hall–Kier alpha value is -2.28. The minimum absolute atomic E-state index is 0.251. The van der Waals surface area contributed by atoms with Crippen LogP contribution in [0.3, 0.4) is 0 Å². The summed E-state index contributed by atoms with van der Waals surface area (Å²) in [5.41, 5.74) is 1.27. The van der Waals surface area contributed by atoms with Gasteiger partial charge in [0.2, 0.25) is 0 Å². The van der Waals surface area contributed by atoms with Gasteiger partial charge in [-0.1, -0.05) is 13.8 Å². The second-order valence-electron chi connectivity index (χ2n) is 5.16. The highest BCUT2D eigenvalue weighted by atomic mass is 19.1. The molecule has 0 fully saturated rings. The van der Waals surface area contributed by atoms with Crippen molar-refractivity contribution in [1.29, 1.82) is 0 Å². The van der Waals surface area contributed by atoms with Crippen molar-refractivity contribution in [2.24, 2.45) is 0 Å². The van der Waals surface area contributed by atoms with E-state index in [1.807, 2.05) is 6.20 Å². The van der Waals surface area contributed by atoms with Gasteiger partial charge >= 0.3 is 0 Å². The summed E-state index contributed by atoms with van der Waals surface area (Å²) in [6.45, 7) is 5.09. The van der Waals surface area contributed by atoms with Crippen LogP contribution in [-0.4, -0.2) is 20.7 Å². The lowest BCUT2D eigenvalue weighted by Crippen LogP contribution is -2.21. The fraction of sp³-hybridized carbons (Fsp3) is 0.357. The molecule has 1 aromatic carbocycles. The van der Waals surface area contributed by atoms with Crippen LogP contribution >= 0.6 is 0 Å². The number of hydrogen-bond acceptors (Lipinski definition) is 4. The van der Waals surface area contributed by atoms with Crippen LogP contribution in [-0.2, 0) is 13.1 Å². The zero-order valence-corrected chi connectivity index (χ0v) is 11.9. The lowest BCUT2D eigenvalue weighted by Gasteiger charge is -2.05. The first-order valence-electron chi connectivity index (χ1n) is 6.62. The minimum atomic E-state index is -0.618. The number of nitro benzene ring substituents is 1. The van der Waals surface area contributed by atoms with Gasteiger partial charge in [0, 0.05) is 30.4 Å². The van der Waals surface area contributed by atoms with Crippen molar-refractivity contribution in [3.8, 4) is 0 Å². The van der Waals surface area contributed by atoms with Crippen molar-refractivity contribution in [3.05, 3.63) is 57.7 Å². The van der Waals surface area contributed by atoms with Crippen molar-refractivity contribution in [2.75, 3.05) is 0 Å². The Morgan fingerprint density at radius 2 is 2.14 bits per heavy atom. The molecule has 6 nitrogen and oxygen atoms in total. The Labute approximate surface area is 121 Å². The molecule has 21 heavy (non-hydrogen) atoms. The van der Waals surface area contributed by atoms with Gasteiger partial charge in [0.05, 0.1) is 23.7 Å². The topological polar surface area (TPSA) is 73.0 Å². The number of halogens is 1. The standard InChI is InChI=1S/C14H17FN4O2/c1-10(2)16-6-12-7-17-18(9-12)8-11-3-13(15)5-14(4-11)19(20)21/h3-5,7,9-10,16H,6,8H2,1-2H3. The smallest absolute Gasteiger partial charge is 0.272 e. The average molecular weight is 292 g/mol. The van der Waals surface area contributed by atoms with Crippen molar-refractivity contribution < 1.29 is 9.31 Å². The summed E-state index contributed by atoms with van der Waals surface area (Å²) >= 11 is 0. The molecule has 7 heteroatoms. The molecule has 112 valence electrons. The minimum Gasteiger partial charge on any atom is -0.310 e. The van der Waals surface area contributed by atoms with Crippen molar-refractivity contribution >= 4 is 5.69 Å². The molecule has 0 atom stereocenters. The Bertz CT molecular complexity index is 640. The number of rotatable bonds is 6. The van der Waals surface area contributed by atoms with Gasteiger partial charge in [-0.15, -0.1) is 0 Å². The number of non-ortho nitro benzene ring substituents is 1. The van der Waals surface area contributed by atoms with E-state index < -0.39 is 10.7 Å². The molecule has 0 saturated heterocycles. The van der Waals surface area contributed by atoms with E-state index in [1.165, 1.54) is 12.1 Å². The normalized spacial score (nSPS) is 11.0. The molecule has 2 rings (SSSR count). The molecule has 0 spiro atoms. The highest BCUT2D eigenvalue weighted by Gasteiger charge is 2.10. The first-order chi connectivity index (χ1) is 9.94. The van der Waals surface area contributed by atoms with Gasteiger partial charge in [0.15, 0.2) is 0 Å². The Morgan fingerprint density at radius 1 is 1.38 bits per heavy atom. The summed E-state index contributed by atoms with van der Waals surface area (Å²) in [7, 11) is 0. The molecule has 0 aliphatic rings. The van der Waals surface area contributed by atoms with Crippen LogP contribution in [0.1, 0.15) is 25.0 Å². The molecule has 2 aromatic rings. The fourth-order valence-corrected chi connectivity index (χ4v) is 1.92.